The lowest BCUT2D eigenvalue weighted by Gasteiger charge is -2.16. The van der Waals surface area contributed by atoms with E-state index >= 15 is 0 Å². The number of fused-ring (bicyclic) bond motifs is 2. The number of nitrogens with one attached hydrogen (secondary N) is 1. The Hall–Kier alpha value is -3.28. The molecule has 1 aliphatic carbocycles. The van der Waals surface area contributed by atoms with Gasteiger partial charge in [0.05, 0.1) is 11.1 Å². The fraction of sp³-hybridized carbons (Fsp3) is 0.261. The van der Waals surface area contributed by atoms with Crippen molar-refractivity contribution in [3.8, 4) is 0 Å². The molecule has 1 heterocycles. The highest BCUT2D eigenvalue weighted by Gasteiger charge is 2.27. The van der Waals surface area contributed by atoms with Crippen LogP contribution in [0.3, 0.4) is 0 Å². The number of nitrogens with zero attached hydrogens (tertiary/aromatic N) is 1. The van der Waals surface area contributed by atoms with Gasteiger partial charge in [0.1, 0.15) is 5.82 Å². The van der Waals surface area contributed by atoms with Gasteiger partial charge in [-0.15, -0.1) is 0 Å². The maximum absolute atomic E-state index is 13.7. The van der Waals surface area contributed by atoms with Gasteiger partial charge in [0.25, 0.3) is 5.91 Å². The second-order valence-corrected chi connectivity index (χ2v) is 7.28. The molecule has 4 rings (SSSR count). The van der Waals surface area contributed by atoms with Crippen molar-refractivity contribution in [1.29, 1.82) is 0 Å². The number of rotatable bonds is 4. The van der Waals surface area contributed by atoms with Crippen LogP contribution >= 0.6 is 0 Å². The average molecular weight is 392 g/mol. The number of aryl methyl sites for hydroxylation is 2. The fourth-order valence-electron chi connectivity index (χ4n) is 3.63. The van der Waals surface area contributed by atoms with Gasteiger partial charge in [0.15, 0.2) is 6.10 Å². The Kier molecular flexibility index (Phi) is 5.01. The van der Waals surface area contributed by atoms with Gasteiger partial charge in [-0.2, -0.15) is 0 Å². The van der Waals surface area contributed by atoms with Crippen LogP contribution in [-0.2, 0) is 22.4 Å². The molecule has 0 saturated heterocycles. The summed E-state index contributed by atoms with van der Waals surface area (Å²) in [6, 6.07) is 11.9. The highest BCUT2D eigenvalue weighted by Crippen LogP contribution is 2.30. The van der Waals surface area contributed by atoms with E-state index in [9.17, 15) is 14.0 Å². The van der Waals surface area contributed by atoms with Gasteiger partial charge in [-0.1, -0.05) is 24.3 Å². The van der Waals surface area contributed by atoms with E-state index < -0.39 is 23.8 Å². The third kappa shape index (κ3) is 3.70. The molecule has 1 N–H and O–H groups in total. The number of anilines is 1. The van der Waals surface area contributed by atoms with Gasteiger partial charge in [-0.05, 0) is 62.4 Å². The quantitative estimate of drug-likeness (QED) is 0.670. The lowest BCUT2D eigenvalue weighted by Crippen LogP contribution is -2.30. The number of amides is 1. The summed E-state index contributed by atoms with van der Waals surface area (Å²) in [6.07, 6.45) is 1.50. The Morgan fingerprint density at radius 3 is 2.76 bits per heavy atom. The molecular formula is C23H21FN2O3. The monoisotopic (exact) mass is 392 g/mol. The number of hydrogen-bond donors (Lipinski definition) is 1. The number of aromatic nitrogens is 1. The second-order valence-electron chi connectivity index (χ2n) is 7.28. The fourth-order valence-corrected chi connectivity index (χ4v) is 3.63. The zero-order valence-electron chi connectivity index (χ0n) is 16.3. The molecule has 0 bridgehead atoms. The summed E-state index contributed by atoms with van der Waals surface area (Å²) in [5.41, 5.74) is 3.86. The Bertz CT molecular complexity index is 1130. The molecule has 0 aliphatic heterocycles. The van der Waals surface area contributed by atoms with E-state index in [1.54, 1.807) is 19.1 Å². The Labute approximate surface area is 167 Å². The van der Waals surface area contributed by atoms with Gasteiger partial charge in [0.2, 0.25) is 0 Å². The first-order valence-corrected chi connectivity index (χ1v) is 9.62. The Morgan fingerprint density at radius 1 is 1.17 bits per heavy atom. The van der Waals surface area contributed by atoms with E-state index in [0.29, 0.717) is 16.8 Å². The summed E-state index contributed by atoms with van der Waals surface area (Å²) >= 11 is 0. The molecule has 0 spiro atoms. The van der Waals surface area contributed by atoms with Crippen LogP contribution in [0.1, 0.15) is 40.5 Å². The summed E-state index contributed by atoms with van der Waals surface area (Å²) in [5, 5.41) is 3.32. The summed E-state index contributed by atoms with van der Waals surface area (Å²) in [6.45, 7) is 3.14. The van der Waals surface area contributed by atoms with Crippen LogP contribution in [0, 0.1) is 12.7 Å². The molecule has 2 aromatic carbocycles. The molecule has 1 aliphatic rings. The third-order valence-electron chi connectivity index (χ3n) is 5.22. The van der Waals surface area contributed by atoms with Crippen LogP contribution in [0.5, 0.6) is 0 Å². The van der Waals surface area contributed by atoms with Gasteiger partial charge in [-0.3, -0.25) is 9.78 Å². The first-order valence-electron chi connectivity index (χ1n) is 9.62. The van der Waals surface area contributed by atoms with Gasteiger partial charge in [-0.25, -0.2) is 9.18 Å². The van der Waals surface area contributed by atoms with Crippen molar-refractivity contribution in [2.24, 2.45) is 0 Å². The predicted molar refractivity (Wildman–Crippen MR) is 108 cm³/mol. The summed E-state index contributed by atoms with van der Waals surface area (Å²) in [4.78, 5) is 30.1. The number of esters is 1. The molecule has 5 nitrogen and oxygen atoms in total. The van der Waals surface area contributed by atoms with E-state index in [4.69, 9.17) is 4.74 Å². The van der Waals surface area contributed by atoms with Crippen LogP contribution in [0.15, 0.2) is 42.5 Å². The topological polar surface area (TPSA) is 68.3 Å². The molecular weight excluding hydrogens is 371 g/mol. The predicted octanol–water partition coefficient (Wildman–Crippen LogP) is 4.36. The number of halogens is 1. The van der Waals surface area contributed by atoms with E-state index in [-0.39, 0.29) is 0 Å². The van der Waals surface area contributed by atoms with E-state index in [1.807, 2.05) is 24.3 Å². The van der Waals surface area contributed by atoms with E-state index in [0.717, 1.165) is 41.4 Å². The minimum atomic E-state index is -1.03. The molecule has 1 aromatic heterocycles. The van der Waals surface area contributed by atoms with Gasteiger partial charge < -0.3 is 10.1 Å². The maximum Gasteiger partial charge on any atom is 0.339 e. The zero-order valence-corrected chi connectivity index (χ0v) is 16.3. The molecule has 1 atom stereocenters. The number of pyridine rings is 1. The number of carbonyl (C=O) groups excluding carboxylic acids is 2. The lowest BCUT2D eigenvalue weighted by molar-refractivity contribution is -0.123. The minimum absolute atomic E-state index is 0.316. The lowest BCUT2D eigenvalue weighted by atomic mass is 10.0. The standard InChI is InChI=1S/C23H21FN2O3/c1-13-10-11-15(12-18(13)24)25-22(27)14(2)29-23(28)21-16-6-3-4-8-19(16)26-20-9-5-7-17(20)21/h3-4,6,8,10-12,14H,5,7,9H2,1-2H3,(H,25,27)/t14-/m0/s1. The zero-order chi connectivity index (χ0) is 20.5. The molecule has 1 amide bonds. The smallest absolute Gasteiger partial charge is 0.339 e. The largest absolute Gasteiger partial charge is 0.449 e. The van der Waals surface area contributed by atoms with Gasteiger partial charge >= 0.3 is 5.97 Å². The molecule has 29 heavy (non-hydrogen) atoms. The number of ether oxygens (including phenoxy) is 1. The first kappa shape index (κ1) is 19.1. The number of hydrogen-bond acceptors (Lipinski definition) is 4. The Balaban J connectivity index is 1.56. The van der Waals surface area contributed by atoms with Crippen LogP contribution < -0.4 is 5.32 Å². The highest BCUT2D eigenvalue weighted by atomic mass is 19.1. The van der Waals surface area contributed by atoms with E-state index in [1.165, 1.54) is 13.0 Å². The van der Waals surface area contributed by atoms with Crippen molar-refractivity contribution in [1.82, 2.24) is 4.98 Å². The van der Waals surface area contributed by atoms with E-state index in [2.05, 4.69) is 10.3 Å². The average Bonchev–Trinajstić information content (AvgIpc) is 3.16. The molecule has 148 valence electrons. The third-order valence-corrected chi connectivity index (χ3v) is 5.22. The highest BCUT2D eigenvalue weighted by molar-refractivity contribution is 6.06. The van der Waals surface area contributed by atoms with Crippen molar-refractivity contribution in [3.63, 3.8) is 0 Å². The summed E-state index contributed by atoms with van der Waals surface area (Å²) in [5.74, 6) is -1.47. The Morgan fingerprint density at radius 2 is 1.97 bits per heavy atom. The maximum atomic E-state index is 13.7. The molecule has 6 heteroatoms. The number of benzene rings is 2. The number of carbonyl (C=O) groups is 2. The SMILES string of the molecule is Cc1ccc(NC(=O)[C@H](C)OC(=O)c2c3c(nc4ccccc24)CCC3)cc1F. The van der Waals surface area contributed by atoms with Crippen LogP contribution in [-0.4, -0.2) is 23.0 Å². The molecule has 0 unspecified atom stereocenters. The second kappa shape index (κ2) is 7.62. The number of para-hydroxylation sites is 1. The van der Waals surface area contributed by atoms with Crippen molar-refractivity contribution in [2.45, 2.75) is 39.2 Å². The summed E-state index contributed by atoms with van der Waals surface area (Å²) in [7, 11) is 0. The first-order chi connectivity index (χ1) is 13.9. The molecule has 3 aromatic rings. The normalized spacial score (nSPS) is 13.8. The summed E-state index contributed by atoms with van der Waals surface area (Å²) < 4.78 is 19.2. The van der Waals surface area contributed by atoms with Crippen LogP contribution in [0.25, 0.3) is 10.9 Å². The van der Waals surface area contributed by atoms with Crippen molar-refractivity contribution >= 4 is 28.5 Å². The molecule has 0 saturated carbocycles. The van der Waals surface area contributed by atoms with Crippen molar-refractivity contribution in [3.05, 3.63) is 70.7 Å². The van der Waals surface area contributed by atoms with Crippen LogP contribution in [0.4, 0.5) is 10.1 Å². The van der Waals surface area contributed by atoms with Crippen molar-refractivity contribution in [2.75, 3.05) is 5.32 Å². The van der Waals surface area contributed by atoms with Crippen molar-refractivity contribution < 1.29 is 18.7 Å². The van der Waals surface area contributed by atoms with Crippen LogP contribution in [0.2, 0.25) is 0 Å². The molecule has 0 fully saturated rings. The van der Waals surface area contributed by atoms with Gasteiger partial charge in [0, 0.05) is 16.8 Å². The minimum Gasteiger partial charge on any atom is -0.449 e. The molecule has 0 radical (unpaired) electrons.